The number of anilines is 1. The monoisotopic (exact) mass is 364 g/mol. The molecule has 6 nitrogen and oxygen atoms in total. The van der Waals surface area contributed by atoms with Crippen LogP contribution in [0.1, 0.15) is 4.88 Å². The number of nitrogens with zero attached hydrogens (tertiary/aromatic N) is 3. The number of methoxy groups -OCH3 is 1. The van der Waals surface area contributed by atoms with Gasteiger partial charge in [-0.25, -0.2) is 4.98 Å². The SMILES string of the molecule is COc1ccc(-c2nc(-c3cccc(-c4nnc(N)o4)c3)sc2C)cc1. The molecular formula is C19H16N4O2S. The van der Waals surface area contributed by atoms with Gasteiger partial charge in [-0.3, -0.25) is 0 Å². The third-order valence-electron chi connectivity index (χ3n) is 3.96. The fourth-order valence-corrected chi connectivity index (χ4v) is 3.61. The molecule has 0 unspecified atom stereocenters. The van der Waals surface area contributed by atoms with Gasteiger partial charge in [-0.1, -0.05) is 17.2 Å². The molecule has 4 rings (SSSR count). The van der Waals surface area contributed by atoms with Crippen molar-refractivity contribution in [3.63, 3.8) is 0 Å². The van der Waals surface area contributed by atoms with Crippen molar-refractivity contribution in [2.75, 3.05) is 12.8 Å². The zero-order chi connectivity index (χ0) is 18.1. The molecule has 7 heteroatoms. The van der Waals surface area contributed by atoms with Crippen LogP contribution in [0.3, 0.4) is 0 Å². The number of hydrogen-bond acceptors (Lipinski definition) is 7. The molecule has 130 valence electrons. The van der Waals surface area contributed by atoms with Gasteiger partial charge in [0.2, 0.25) is 5.89 Å². The second kappa shape index (κ2) is 6.61. The summed E-state index contributed by atoms with van der Waals surface area (Å²) < 4.78 is 10.5. The summed E-state index contributed by atoms with van der Waals surface area (Å²) in [6.07, 6.45) is 0. The Hall–Kier alpha value is -3.19. The Labute approximate surface area is 154 Å². The summed E-state index contributed by atoms with van der Waals surface area (Å²) in [4.78, 5) is 5.98. The van der Waals surface area contributed by atoms with Crippen molar-refractivity contribution >= 4 is 17.4 Å². The van der Waals surface area contributed by atoms with E-state index in [2.05, 4.69) is 17.1 Å². The number of hydrogen-bond donors (Lipinski definition) is 1. The number of rotatable bonds is 4. The van der Waals surface area contributed by atoms with Gasteiger partial charge in [0.15, 0.2) is 0 Å². The van der Waals surface area contributed by atoms with Crippen molar-refractivity contribution in [3.05, 3.63) is 53.4 Å². The second-order valence-electron chi connectivity index (χ2n) is 5.68. The highest BCUT2D eigenvalue weighted by molar-refractivity contribution is 7.15. The summed E-state index contributed by atoms with van der Waals surface area (Å²) in [5.74, 6) is 1.22. The van der Waals surface area contributed by atoms with E-state index in [1.165, 1.54) is 0 Å². The molecule has 0 spiro atoms. The molecule has 26 heavy (non-hydrogen) atoms. The lowest BCUT2D eigenvalue weighted by Crippen LogP contribution is -1.85. The molecule has 2 N–H and O–H groups in total. The van der Waals surface area contributed by atoms with E-state index < -0.39 is 0 Å². The largest absolute Gasteiger partial charge is 0.497 e. The van der Waals surface area contributed by atoms with E-state index in [-0.39, 0.29) is 6.01 Å². The molecule has 0 saturated heterocycles. The Kier molecular flexibility index (Phi) is 4.14. The summed E-state index contributed by atoms with van der Waals surface area (Å²) in [6, 6.07) is 15.8. The molecule has 0 bridgehead atoms. The van der Waals surface area contributed by atoms with Gasteiger partial charge in [0.05, 0.1) is 12.8 Å². The minimum Gasteiger partial charge on any atom is -0.497 e. The predicted octanol–water partition coefficient (Wildman–Crippen LogP) is 4.43. The van der Waals surface area contributed by atoms with E-state index in [1.54, 1.807) is 18.4 Å². The van der Waals surface area contributed by atoms with Crippen LogP contribution in [0.5, 0.6) is 5.75 Å². The number of thiazole rings is 1. The number of aryl methyl sites for hydroxylation is 1. The summed E-state index contributed by atoms with van der Waals surface area (Å²) in [7, 11) is 1.66. The smallest absolute Gasteiger partial charge is 0.313 e. The first-order valence-corrected chi connectivity index (χ1v) is 8.77. The van der Waals surface area contributed by atoms with Crippen LogP contribution in [0.2, 0.25) is 0 Å². The third-order valence-corrected chi connectivity index (χ3v) is 4.98. The lowest BCUT2D eigenvalue weighted by molar-refractivity contribution is 0.415. The molecule has 0 aliphatic rings. The van der Waals surface area contributed by atoms with Gasteiger partial charge < -0.3 is 14.9 Å². The first kappa shape index (κ1) is 16.3. The van der Waals surface area contributed by atoms with Crippen molar-refractivity contribution in [2.45, 2.75) is 6.92 Å². The van der Waals surface area contributed by atoms with Gasteiger partial charge in [0.1, 0.15) is 10.8 Å². The van der Waals surface area contributed by atoms with Crippen molar-refractivity contribution < 1.29 is 9.15 Å². The van der Waals surface area contributed by atoms with Crippen LogP contribution in [0, 0.1) is 6.92 Å². The van der Waals surface area contributed by atoms with Gasteiger partial charge in [-0.15, -0.1) is 16.4 Å². The molecule has 0 aliphatic heterocycles. The molecule has 0 atom stereocenters. The van der Waals surface area contributed by atoms with Gasteiger partial charge in [0.25, 0.3) is 0 Å². The van der Waals surface area contributed by atoms with Gasteiger partial charge in [0, 0.05) is 21.6 Å². The van der Waals surface area contributed by atoms with Crippen LogP contribution >= 0.6 is 11.3 Å². The Morgan fingerprint density at radius 2 is 1.77 bits per heavy atom. The highest BCUT2D eigenvalue weighted by Crippen LogP contribution is 2.35. The Morgan fingerprint density at radius 1 is 1.00 bits per heavy atom. The molecule has 0 amide bonds. The molecule has 2 aromatic carbocycles. The van der Waals surface area contributed by atoms with Crippen molar-refractivity contribution in [2.24, 2.45) is 0 Å². The lowest BCUT2D eigenvalue weighted by Gasteiger charge is -2.02. The molecule has 0 saturated carbocycles. The van der Waals surface area contributed by atoms with E-state index >= 15 is 0 Å². The fraction of sp³-hybridized carbons (Fsp3) is 0.105. The standard InChI is InChI=1S/C19H16N4O2S/c1-11-16(12-6-8-15(24-2)9-7-12)21-18(26-11)14-5-3-4-13(10-14)17-22-23-19(20)25-17/h3-10H,1-2H3,(H2,20,23). The first-order chi connectivity index (χ1) is 12.6. The predicted molar refractivity (Wildman–Crippen MR) is 102 cm³/mol. The summed E-state index contributed by atoms with van der Waals surface area (Å²) in [5, 5.41) is 8.58. The first-order valence-electron chi connectivity index (χ1n) is 7.95. The van der Waals surface area contributed by atoms with Gasteiger partial charge in [-0.2, -0.15) is 0 Å². The maximum atomic E-state index is 5.51. The number of nitrogens with two attached hydrogens (primary N) is 1. The van der Waals surface area contributed by atoms with E-state index in [0.717, 1.165) is 38.0 Å². The van der Waals surface area contributed by atoms with Crippen LogP contribution in [0.25, 0.3) is 33.3 Å². The van der Waals surface area contributed by atoms with E-state index in [4.69, 9.17) is 19.9 Å². The van der Waals surface area contributed by atoms with Crippen LogP contribution < -0.4 is 10.5 Å². The van der Waals surface area contributed by atoms with Crippen molar-refractivity contribution in [1.29, 1.82) is 0 Å². The molecule has 2 heterocycles. The van der Waals surface area contributed by atoms with Crippen LogP contribution in [0.15, 0.2) is 52.9 Å². The zero-order valence-corrected chi connectivity index (χ0v) is 15.1. The fourth-order valence-electron chi connectivity index (χ4n) is 2.67. The quantitative estimate of drug-likeness (QED) is 0.576. The van der Waals surface area contributed by atoms with Gasteiger partial charge in [-0.05, 0) is 43.3 Å². The minimum atomic E-state index is 0.0530. The van der Waals surface area contributed by atoms with Crippen LogP contribution in [0.4, 0.5) is 6.01 Å². The Balaban J connectivity index is 1.70. The van der Waals surface area contributed by atoms with E-state index in [9.17, 15) is 0 Å². The Bertz CT molecular complexity index is 1050. The second-order valence-corrected chi connectivity index (χ2v) is 6.88. The number of ether oxygens (including phenoxy) is 1. The van der Waals surface area contributed by atoms with Crippen molar-refractivity contribution in [3.8, 4) is 39.0 Å². The Morgan fingerprint density at radius 3 is 2.46 bits per heavy atom. The summed E-state index contributed by atoms with van der Waals surface area (Å²) >= 11 is 1.65. The van der Waals surface area contributed by atoms with Crippen LogP contribution in [-0.2, 0) is 0 Å². The molecule has 0 radical (unpaired) electrons. The summed E-state index contributed by atoms with van der Waals surface area (Å²) in [5.41, 5.74) is 9.35. The molecular weight excluding hydrogens is 348 g/mol. The van der Waals surface area contributed by atoms with Gasteiger partial charge >= 0.3 is 6.01 Å². The van der Waals surface area contributed by atoms with Crippen molar-refractivity contribution in [1.82, 2.24) is 15.2 Å². The highest BCUT2D eigenvalue weighted by atomic mass is 32.1. The van der Waals surface area contributed by atoms with E-state index in [1.807, 2.05) is 48.5 Å². The average molecular weight is 364 g/mol. The third kappa shape index (κ3) is 3.04. The number of nitrogen functional groups attached to an aromatic ring is 1. The topological polar surface area (TPSA) is 87.1 Å². The lowest BCUT2D eigenvalue weighted by atomic mass is 10.1. The minimum absolute atomic E-state index is 0.0530. The molecule has 0 aliphatic carbocycles. The maximum Gasteiger partial charge on any atom is 0.313 e. The van der Waals surface area contributed by atoms with Crippen LogP contribution in [-0.4, -0.2) is 22.3 Å². The zero-order valence-electron chi connectivity index (χ0n) is 14.3. The molecule has 4 aromatic rings. The number of benzene rings is 2. The maximum absolute atomic E-state index is 5.51. The normalized spacial score (nSPS) is 10.8. The average Bonchev–Trinajstić information content (AvgIpc) is 3.28. The molecule has 0 fully saturated rings. The highest BCUT2D eigenvalue weighted by Gasteiger charge is 2.13. The number of aromatic nitrogens is 3. The molecule has 2 aromatic heterocycles. The van der Waals surface area contributed by atoms with E-state index in [0.29, 0.717) is 5.89 Å². The summed E-state index contributed by atoms with van der Waals surface area (Å²) in [6.45, 7) is 2.07.